The lowest BCUT2D eigenvalue weighted by molar-refractivity contribution is -0.141. The summed E-state index contributed by atoms with van der Waals surface area (Å²) in [6.07, 6.45) is -2.82. The number of halogens is 3. The monoisotopic (exact) mass is 325 g/mol. The molecule has 0 saturated heterocycles. The minimum atomic E-state index is -4.44. The van der Waals surface area contributed by atoms with Crippen molar-refractivity contribution >= 4 is 5.91 Å². The molecule has 0 spiro atoms. The molecule has 0 atom stereocenters. The smallest absolute Gasteiger partial charge is 0.354 e. The van der Waals surface area contributed by atoms with Crippen LogP contribution in [0.15, 0.2) is 24.4 Å². The van der Waals surface area contributed by atoms with E-state index >= 15 is 0 Å². The van der Waals surface area contributed by atoms with Gasteiger partial charge < -0.3 is 10.3 Å². The number of carbonyl (C=O) groups excluding carboxylic acids is 1. The molecule has 0 fully saturated rings. The number of rotatable bonds is 4. The first kappa shape index (κ1) is 17.1. The van der Waals surface area contributed by atoms with Gasteiger partial charge in [-0.3, -0.25) is 9.78 Å². The first-order valence-corrected chi connectivity index (χ1v) is 7.18. The van der Waals surface area contributed by atoms with Crippen LogP contribution in [0.1, 0.15) is 46.9 Å². The number of alkyl halides is 3. The summed E-state index contributed by atoms with van der Waals surface area (Å²) in [7, 11) is 0. The van der Waals surface area contributed by atoms with E-state index in [0.29, 0.717) is 17.7 Å². The van der Waals surface area contributed by atoms with E-state index in [2.05, 4.69) is 15.3 Å². The van der Waals surface area contributed by atoms with Gasteiger partial charge in [0.25, 0.3) is 5.91 Å². The van der Waals surface area contributed by atoms with E-state index in [4.69, 9.17) is 0 Å². The zero-order valence-electron chi connectivity index (χ0n) is 13.1. The molecule has 124 valence electrons. The van der Waals surface area contributed by atoms with Gasteiger partial charge in [0.15, 0.2) is 0 Å². The Bertz CT molecular complexity index is 688. The number of aromatic nitrogens is 2. The predicted octanol–water partition coefficient (Wildman–Crippen LogP) is 3.47. The van der Waals surface area contributed by atoms with Crippen LogP contribution in [-0.2, 0) is 12.6 Å². The molecule has 7 heteroatoms. The maximum atomic E-state index is 12.5. The molecule has 2 rings (SSSR count). The summed E-state index contributed by atoms with van der Waals surface area (Å²) < 4.78 is 37.5. The maximum absolute atomic E-state index is 12.5. The van der Waals surface area contributed by atoms with Crippen LogP contribution in [0.3, 0.4) is 0 Å². The Morgan fingerprint density at radius 2 is 2.04 bits per heavy atom. The van der Waals surface area contributed by atoms with Gasteiger partial charge >= 0.3 is 6.18 Å². The summed E-state index contributed by atoms with van der Waals surface area (Å²) in [6, 6.07) is 4.10. The van der Waals surface area contributed by atoms with Crippen LogP contribution < -0.4 is 5.32 Å². The highest BCUT2D eigenvalue weighted by atomic mass is 19.4. The second-order valence-corrected chi connectivity index (χ2v) is 5.69. The van der Waals surface area contributed by atoms with E-state index in [1.807, 2.05) is 20.8 Å². The van der Waals surface area contributed by atoms with Crippen molar-refractivity contribution < 1.29 is 18.0 Å². The van der Waals surface area contributed by atoms with Crippen LogP contribution in [-0.4, -0.2) is 21.9 Å². The number of nitrogens with zero attached hydrogens (tertiary/aromatic N) is 1. The van der Waals surface area contributed by atoms with Crippen molar-refractivity contribution in [1.29, 1.82) is 0 Å². The lowest BCUT2D eigenvalue weighted by Gasteiger charge is -2.06. The van der Waals surface area contributed by atoms with Gasteiger partial charge in [-0.2, -0.15) is 13.2 Å². The molecule has 0 aliphatic heterocycles. The molecule has 0 aliphatic rings. The van der Waals surface area contributed by atoms with Crippen LogP contribution in [0.2, 0.25) is 0 Å². The number of pyridine rings is 1. The van der Waals surface area contributed by atoms with Crippen molar-refractivity contribution in [2.75, 3.05) is 0 Å². The molecule has 0 radical (unpaired) electrons. The highest BCUT2D eigenvalue weighted by Crippen LogP contribution is 2.27. The summed E-state index contributed by atoms with van der Waals surface area (Å²) >= 11 is 0. The van der Waals surface area contributed by atoms with Crippen molar-refractivity contribution in [2.24, 2.45) is 0 Å². The second-order valence-electron chi connectivity index (χ2n) is 5.69. The minimum absolute atomic E-state index is 0.0219. The molecule has 0 aromatic carbocycles. The molecule has 2 heterocycles. The van der Waals surface area contributed by atoms with Crippen LogP contribution in [0.4, 0.5) is 13.2 Å². The van der Waals surface area contributed by atoms with Crippen LogP contribution in [0.5, 0.6) is 0 Å². The van der Waals surface area contributed by atoms with Gasteiger partial charge in [0.1, 0.15) is 11.4 Å². The average molecular weight is 325 g/mol. The molecule has 0 saturated carbocycles. The summed E-state index contributed by atoms with van der Waals surface area (Å²) in [6.45, 7) is 5.55. The number of hydrogen-bond acceptors (Lipinski definition) is 2. The average Bonchev–Trinajstić information content (AvgIpc) is 2.79. The number of hydrogen-bond donors (Lipinski definition) is 2. The first-order valence-electron chi connectivity index (χ1n) is 7.18. The highest BCUT2D eigenvalue weighted by molar-refractivity contribution is 5.93. The van der Waals surface area contributed by atoms with Crippen molar-refractivity contribution in [3.8, 4) is 0 Å². The highest BCUT2D eigenvalue weighted by Gasteiger charge is 2.32. The van der Waals surface area contributed by atoms with Gasteiger partial charge in [-0.1, -0.05) is 6.07 Å². The zero-order chi connectivity index (χ0) is 17.2. The van der Waals surface area contributed by atoms with Crippen molar-refractivity contribution in [3.63, 3.8) is 0 Å². The quantitative estimate of drug-likeness (QED) is 0.904. The van der Waals surface area contributed by atoms with Crippen LogP contribution in [0, 0.1) is 6.92 Å². The topological polar surface area (TPSA) is 57.8 Å². The minimum Gasteiger partial charge on any atom is -0.354 e. The zero-order valence-corrected chi connectivity index (χ0v) is 13.1. The number of aryl methyl sites for hydroxylation is 1. The van der Waals surface area contributed by atoms with Gasteiger partial charge in [-0.25, -0.2) is 0 Å². The Kier molecular flexibility index (Phi) is 4.77. The van der Waals surface area contributed by atoms with Gasteiger partial charge in [0, 0.05) is 24.4 Å². The first-order chi connectivity index (χ1) is 10.7. The van der Waals surface area contributed by atoms with Gasteiger partial charge in [-0.15, -0.1) is 0 Å². The second kappa shape index (κ2) is 6.44. The number of H-pyrrole nitrogens is 1. The molecule has 23 heavy (non-hydrogen) atoms. The van der Waals surface area contributed by atoms with E-state index in [1.54, 1.807) is 6.07 Å². The normalized spacial score (nSPS) is 11.8. The molecular formula is C16H18F3N3O. The third-order valence-corrected chi connectivity index (χ3v) is 3.30. The number of nitrogens with one attached hydrogen (secondary N) is 2. The molecule has 0 unspecified atom stereocenters. The Balaban J connectivity index is 2.14. The summed E-state index contributed by atoms with van der Waals surface area (Å²) in [4.78, 5) is 18.4. The lowest BCUT2D eigenvalue weighted by atomic mass is 10.1. The fourth-order valence-electron chi connectivity index (χ4n) is 2.16. The largest absolute Gasteiger partial charge is 0.433 e. The number of aromatic amines is 1. The molecule has 0 aliphatic carbocycles. The number of carbonyl (C=O) groups is 1. The summed E-state index contributed by atoms with van der Waals surface area (Å²) in [5, 5.41) is 2.78. The fourth-order valence-corrected chi connectivity index (χ4v) is 2.16. The van der Waals surface area contributed by atoms with Crippen LogP contribution in [0.25, 0.3) is 0 Å². The molecular weight excluding hydrogens is 307 g/mol. The Morgan fingerprint density at radius 3 is 2.57 bits per heavy atom. The predicted molar refractivity (Wildman–Crippen MR) is 80.2 cm³/mol. The Morgan fingerprint density at radius 1 is 1.35 bits per heavy atom. The molecule has 1 amide bonds. The van der Waals surface area contributed by atoms with Crippen LogP contribution >= 0.6 is 0 Å². The molecule has 2 aromatic rings. The fraction of sp³-hybridized carbons (Fsp3) is 0.375. The van der Waals surface area contributed by atoms with E-state index in [9.17, 15) is 18.0 Å². The summed E-state index contributed by atoms with van der Waals surface area (Å²) in [5.74, 6) is -0.208. The van der Waals surface area contributed by atoms with Gasteiger partial charge in [-0.05, 0) is 44.0 Å². The van der Waals surface area contributed by atoms with Crippen molar-refractivity contribution in [3.05, 3.63) is 52.6 Å². The summed E-state index contributed by atoms with van der Waals surface area (Å²) in [5.41, 5.74) is 1.82. The van der Waals surface area contributed by atoms with E-state index in [-0.39, 0.29) is 11.9 Å². The molecule has 2 aromatic heterocycles. The van der Waals surface area contributed by atoms with E-state index in [0.717, 1.165) is 17.3 Å². The maximum Gasteiger partial charge on any atom is 0.433 e. The van der Waals surface area contributed by atoms with Gasteiger partial charge in [0.2, 0.25) is 0 Å². The molecule has 0 bridgehead atoms. The van der Waals surface area contributed by atoms with E-state index < -0.39 is 11.9 Å². The Labute approximate surface area is 132 Å². The SMILES string of the molecule is Cc1[nH]c(C(=O)NC(C)C)cc1Cc1ccc(C(F)(F)F)nc1. The lowest BCUT2D eigenvalue weighted by Crippen LogP contribution is -2.30. The van der Waals surface area contributed by atoms with Crippen molar-refractivity contribution in [2.45, 2.75) is 39.4 Å². The van der Waals surface area contributed by atoms with E-state index in [1.165, 1.54) is 12.3 Å². The standard InChI is InChI=1S/C16H18F3N3O/c1-9(2)21-15(23)13-7-12(10(3)22-13)6-11-4-5-14(20-8-11)16(17,18)19/h4-5,7-9,22H,6H2,1-3H3,(H,21,23). The van der Waals surface area contributed by atoms with Gasteiger partial charge in [0.05, 0.1) is 0 Å². The molecule has 2 N–H and O–H groups in total. The Hall–Kier alpha value is -2.31. The number of amides is 1. The third kappa shape index (κ3) is 4.34. The molecule has 4 nitrogen and oxygen atoms in total. The third-order valence-electron chi connectivity index (χ3n) is 3.30. The van der Waals surface area contributed by atoms with Crippen molar-refractivity contribution in [1.82, 2.24) is 15.3 Å².